The first kappa shape index (κ1) is 24.4. The minimum Gasteiger partial charge on any atom is -0.481 e. The molecule has 0 radical (unpaired) electrons. The predicted octanol–water partition coefficient (Wildman–Crippen LogP) is 2.15. The predicted molar refractivity (Wildman–Crippen MR) is 133 cm³/mol. The van der Waals surface area contributed by atoms with Gasteiger partial charge in [0.15, 0.2) is 5.78 Å². The molecule has 3 heterocycles. The molecule has 1 saturated heterocycles. The van der Waals surface area contributed by atoms with Crippen LogP contribution in [0, 0.1) is 0 Å². The van der Waals surface area contributed by atoms with Gasteiger partial charge in [0.05, 0.1) is 16.4 Å². The molecule has 2 aromatic rings. The van der Waals surface area contributed by atoms with Crippen LogP contribution in [0.25, 0.3) is 11.6 Å². The molecule has 1 atom stereocenters. The summed E-state index contributed by atoms with van der Waals surface area (Å²) in [7, 11) is -1.81. The fourth-order valence-corrected chi connectivity index (χ4v) is 6.58. The van der Waals surface area contributed by atoms with Crippen molar-refractivity contribution in [2.24, 2.45) is 0 Å². The Hall–Kier alpha value is -3.28. The van der Waals surface area contributed by atoms with Crippen molar-refractivity contribution < 1.29 is 27.9 Å². The van der Waals surface area contributed by atoms with Crippen molar-refractivity contribution in [3.8, 4) is 0 Å². The molecule has 190 valence electrons. The van der Waals surface area contributed by atoms with Crippen molar-refractivity contribution in [3.05, 3.63) is 46.3 Å². The van der Waals surface area contributed by atoms with E-state index in [4.69, 9.17) is 0 Å². The van der Waals surface area contributed by atoms with Crippen LogP contribution >= 0.6 is 0 Å². The summed E-state index contributed by atoms with van der Waals surface area (Å²) in [5, 5.41) is 12.5. The fourth-order valence-electron chi connectivity index (χ4n) is 5.13. The normalized spacial score (nSPS) is 20.8. The maximum absolute atomic E-state index is 13.3. The van der Waals surface area contributed by atoms with E-state index >= 15 is 0 Å². The van der Waals surface area contributed by atoms with Gasteiger partial charge in [-0.3, -0.25) is 14.4 Å². The second-order valence-electron chi connectivity index (χ2n) is 9.57. The van der Waals surface area contributed by atoms with E-state index in [0.717, 1.165) is 0 Å². The van der Waals surface area contributed by atoms with Crippen molar-refractivity contribution in [1.82, 2.24) is 14.2 Å². The molecular formula is C25H28N4O6S. The average molecular weight is 513 g/mol. The number of H-pyrrole nitrogens is 1. The summed E-state index contributed by atoms with van der Waals surface area (Å²) in [4.78, 5) is 42.8. The number of hydrogen-bond acceptors (Lipinski definition) is 6. The Balaban J connectivity index is 1.59. The lowest BCUT2D eigenvalue weighted by molar-refractivity contribution is -0.138. The van der Waals surface area contributed by atoms with Gasteiger partial charge in [0.1, 0.15) is 0 Å². The Kier molecular flexibility index (Phi) is 6.09. The number of nitrogens with one attached hydrogen (secondary N) is 2. The first-order valence-corrected chi connectivity index (χ1v) is 13.4. The molecule has 1 amide bonds. The number of aromatic amines is 1. The summed E-state index contributed by atoms with van der Waals surface area (Å²) in [5.41, 5.74) is 2.92. The largest absolute Gasteiger partial charge is 0.481 e. The molecule has 5 rings (SSSR count). The zero-order valence-corrected chi connectivity index (χ0v) is 20.9. The topological polar surface area (TPSA) is 140 Å². The Morgan fingerprint density at radius 2 is 1.86 bits per heavy atom. The molecule has 10 nitrogen and oxygen atoms in total. The van der Waals surface area contributed by atoms with Crippen molar-refractivity contribution in [2.75, 3.05) is 38.5 Å². The van der Waals surface area contributed by atoms with Crippen LogP contribution in [0.5, 0.6) is 0 Å². The number of amides is 1. The number of anilines is 1. The van der Waals surface area contributed by atoms with E-state index in [2.05, 4.69) is 15.2 Å². The maximum atomic E-state index is 13.3. The van der Waals surface area contributed by atoms with Gasteiger partial charge in [0.25, 0.3) is 5.91 Å². The van der Waals surface area contributed by atoms with Crippen molar-refractivity contribution in [1.29, 1.82) is 0 Å². The number of nitrogens with zero attached hydrogens (tertiary/aromatic N) is 2. The van der Waals surface area contributed by atoms with Crippen LogP contribution in [0.3, 0.4) is 0 Å². The molecule has 0 bridgehead atoms. The number of carbonyl (C=O) groups is 3. The Labute approximate surface area is 209 Å². The summed E-state index contributed by atoms with van der Waals surface area (Å²) in [6, 6.07) is 4.54. The summed E-state index contributed by atoms with van der Waals surface area (Å²) < 4.78 is 28.0. The molecule has 11 heteroatoms. The Bertz CT molecular complexity index is 1420. The van der Waals surface area contributed by atoms with Crippen LogP contribution in [0.4, 0.5) is 5.69 Å². The van der Waals surface area contributed by atoms with Gasteiger partial charge in [-0.15, -0.1) is 0 Å². The average Bonchev–Trinajstić information content (AvgIpc) is 3.36. The van der Waals surface area contributed by atoms with Gasteiger partial charge in [-0.05, 0) is 51.1 Å². The highest BCUT2D eigenvalue weighted by Crippen LogP contribution is 2.38. The molecule has 1 aromatic heterocycles. The van der Waals surface area contributed by atoms with E-state index in [-0.39, 0.29) is 16.3 Å². The van der Waals surface area contributed by atoms with Gasteiger partial charge < -0.3 is 20.3 Å². The van der Waals surface area contributed by atoms with E-state index in [1.807, 2.05) is 7.05 Å². The van der Waals surface area contributed by atoms with E-state index in [1.165, 1.54) is 29.4 Å². The third-order valence-corrected chi connectivity index (χ3v) is 9.12. The molecule has 3 N–H and O–H groups in total. The molecule has 1 aromatic carbocycles. The number of sulfonamides is 1. The molecule has 0 saturated carbocycles. The summed E-state index contributed by atoms with van der Waals surface area (Å²) in [6.07, 6.45) is 3.16. The van der Waals surface area contributed by atoms with Crippen molar-refractivity contribution in [2.45, 2.75) is 37.0 Å². The zero-order valence-electron chi connectivity index (χ0n) is 20.1. The fraction of sp³-hybridized carbons (Fsp3) is 0.400. The molecule has 0 spiro atoms. The van der Waals surface area contributed by atoms with E-state index in [9.17, 15) is 27.9 Å². The standard InChI is InChI=1S/C25H28N4O6S/c1-14(25(32)33)22-20(26-19-4-3-5-21(30)23(19)22)13-17-16-12-15(6-7-18(16)27-24(17)31)36(34,35)29-10-8-28(2)9-11-29/h6-7,12-14,26H,3-5,8-11H2,1-2H3,(H,27,31)(H,32,33)/b17-13-. The first-order chi connectivity index (χ1) is 17.1. The lowest BCUT2D eigenvalue weighted by atomic mass is 9.87. The zero-order chi connectivity index (χ0) is 25.8. The summed E-state index contributed by atoms with van der Waals surface area (Å²) >= 11 is 0. The van der Waals surface area contributed by atoms with Gasteiger partial charge >= 0.3 is 5.97 Å². The molecule has 3 aliphatic rings. The van der Waals surface area contributed by atoms with Crippen LogP contribution in [-0.4, -0.2) is 78.6 Å². The van der Waals surface area contributed by atoms with Crippen molar-refractivity contribution in [3.63, 3.8) is 0 Å². The number of aliphatic carboxylic acids is 1. The number of benzene rings is 1. The Morgan fingerprint density at radius 3 is 2.56 bits per heavy atom. The van der Waals surface area contributed by atoms with Crippen LogP contribution in [0.1, 0.15) is 58.6 Å². The SMILES string of the molecule is CC(C(=O)O)c1c(/C=C2\C(=O)Nc3ccc(S(=O)(=O)N4CCN(C)CC4)cc32)[nH]c2c1C(=O)CCC2. The number of Topliss-reactive ketones (excluding diaryl/α,β-unsaturated/α-hetero) is 1. The third kappa shape index (κ3) is 4.06. The number of aromatic nitrogens is 1. The number of hydrogen-bond donors (Lipinski definition) is 3. The number of carboxylic acid groups (broad SMARTS) is 1. The number of aryl methyl sites for hydroxylation is 1. The lowest BCUT2D eigenvalue weighted by Gasteiger charge is -2.31. The highest BCUT2D eigenvalue weighted by Gasteiger charge is 2.34. The van der Waals surface area contributed by atoms with Crippen LogP contribution in [-0.2, 0) is 26.0 Å². The number of ketones is 1. The van der Waals surface area contributed by atoms with E-state index in [0.29, 0.717) is 79.2 Å². The van der Waals surface area contributed by atoms with Crippen LogP contribution in [0.2, 0.25) is 0 Å². The van der Waals surface area contributed by atoms with Gasteiger partial charge in [0.2, 0.25) is 10.0 Å². The number of rotatable bonds is 5. The van der Waals surface area contributed by atoms with E-state index in [1.54, 1.807) is 6.07 Å². The van der Waals surface area contributed by atoms with Gasteiger partial charge in [-0.1, -0.05) is 0 Å². The van der Waals surface area contributed by atoms with Crippen LogP contribution < -0.4 is 5.32 Å². The Morgan fingerprint density at radius 1 is 1.14 bits per heavy atom. The third-order valence-electron chi connectivity index (χ3n) is 7.22. The smallest absolute Gasteiger partial charge is 0.310 e. The molecule has 2 aliphatic heterocycles. The number of fused-ring (bicyclic) bond motifs is 2. The number of likely N-dealkylation sites (N-methyl/N-ethyl adjacent to an activating group) is 1. The highest BCUT2D eigenvalue weighted by molar-refractivity contribution is 7.89. The molecule has 1 fully saturated rings. The molecule has 36 heavy (non-hydrogen) atoms. The maximum Gasteiger partial charge on any atom is 0.310 e. The molecule has 1 unspecified atom stereocenters. The second-order valence-corrected chi connectivity index (χ2v) is 11.5. The minimum atomic E-state index is -3.75. The van der Waals surface area contributed by atoms with E-state index < -0.39 is 27.8 Å². The van der Waals surface area contributed by atoms with Gasteiger partial charge in [-0.25, -0.2) is 8.42 Å². The molecule has 1 aliphatic carbocycles. The lowest BCUT2D eigenvalue weighted by Crippen LogP contribution is -2.47. The van der Waals surface area contributed by atoms with Gasteiger partial charge in [0, 0.05) is 66.4 Å². The minimum absolute atomic E-state index is 0.0910. The highest BCUT2D eigenvalue weighted by atomic mass is 32.2. The second kappa shape index (κ2) is 8.99. The summed E-state index contributed by atoms with van der Waals surface area (Å²) in [6.45, 7) is 3.55. The van der Waals surface area contributed by atoms with Gasteiger partial charge in [-0.2, -0.15) is 4.31 Å². The first-order valence-electron chi connectivity index (χ1n) is 11.9. The molecular weight excluding hydrogens is 484 g/mol. The summed E-state index contributed by atoms with van der Waals surface area (Å²) in [5.74, 6) is -2.58. The number of carbonyl (C=O) groups excluding carboxylic acids is 2. The van der Waals surface area contributed by atoms with Crippen molar-refractivity contribution >= 4 is 45.0 Å². The number of piperazine rings is 1. The quantitative estimate of drug-likeness (QED) is 0.522. The van der Waals surface area contributed by atoms with Crippen LogP contribution in [0.15, 0.2) is 23.1 Å². The monoisotopic (exact) mass is 512 g/mol. The number of carboxylic acids is 1.